The summed E-state index contributed by atoms with van der Waals surface area (Å²) in [7, 11) is 1.97. The summed E-state index contributed by atoms with van der Waals surface area (Å²) in [5, 5.41) is 4.25. The monoisotopic (exact) mass is 327 g/mol. The second kappa shape index (κ2) is 6.57. The minimum atomic E-state index is 0.0187. The van der Waals surface area contributed by atoms with Crippen LogP contribution in [0.5, 0.6) is 5.75 Å². The number of aromatic nitrogens is 2. The molecule has 1 spiro atoms. The van der Waals surface area contributed by atoms with Gasteiger partial charge in [-0.1, -0.05) is 18.2 Å². The average Bonchev–Trinajstić information content (AvgIpc) is 3.18. The first kappa shape index (κ1) is 15.7. The third-order valence-electron chi connectivity index (χ3n) is 5.15. The van der Waals surface area contributed by atoms with E-state index in [1.807, 2.05) is 48.3 Å². The van der Waals surface area contributed by atoms with Gasteiger partial charge in [-0.15, -0.1) is 0 Å². The minimum Gasteiger partial charge on any atom is -0.488 e. The molecule has 0 saturated carbocycles. The first-order valence-corrected chi connectivity index (χ1v) is 8.76. The average molecular weight is 327 g/mol. The molecule has 1 aromatic carbocycles. The van der Waals surface area contributed by atoms with Crippen molar-refractivity contribution in [1.82, 2.24) is 14.7 Å². The summed E-state index contributed by atoms with van der Waals surface area (Å²) in [5.41, 5.74) is 1.30. The van der Waals surface area contributed by atoms with Crippen LogP contribution in [0.3, 0.4) is 0 Å². The molecular formula is C19H25N3O2. The van der Waals surface area contributed by atoms with Gasteiger partial charge in [0.1, 0.15) is 11.9 Å². The highest BCUT2D eigenvalue weighted by atomic mass is 16.6. The fraction of sp³-hybridized carbons (Fsp3) is 0.526. The lowest BCUT2D eigenvalue weighted by molar-refractivity contribution is -0.0454. The molecule has 2 aliphatic heterocycles. The molecule has 0 N–H and O–H groups in total. The van der Waals surface area contributed by atoms with Crippen molar-refractivity contribution >= 4 is 0 Å². The van der Waals surface area contributed by atoms with E-state index in [4.69, 9.17) is 9.47 Å². The number of hydrogen-bond acceptors (Lipinski definition) is 4. The second-order valence-corrected chi connectivity index (χ2v) is 7.05. The van der Waals surface area contributed by atoms with E-state index >= 15 is 0 Å². The highest BCUT2D eigenvalue weighted by Crippen LogP contribution is 2.37. The Morgan fingerprint density at radius 2 is 2.04 bits per heavy atom. The molecular weight excluding hydrogens is 302 g/mol. The summed E-state index contributed by atoms with van der Waals surface area (Å²) in [5.74, 6) is 0.942. The molecule has 0 bridgehead atoms. The predicted octanol–water partition coefficient (Wildman–Crippen LogP) is 2.62. The van der Waals surface area contributed by atoms with Crippen LogP contribution >= 0.6 is 0 Å². The van der Waals surface area contributed by atoms with Crippen LogP contribution in [0.1, 0.15) is 24.8 Å². The van der Waals surface area contributed by atoms with Gasteiger partial charge < -0.3 is 9.47 Å². The van der Waals surface area contributed by atoms with Crippen LogP contribution in [-0.2, 0) is 18.3 Å². The molecule has 4 rings (SSSR count). The largest absolute Gasteiger partial charge is 0.488 e. The van der Waals surface area contributed by atoms with Gasteiger partial charge in [0.05, 0.1) is 18.4 Å². The molecule has 1 atom stereocenters. The molecule has 0 amide bonds. The third-order valence-corrected chi connectivity index (χ3v) is 5.15. The van der Waals surface area contributed by atoms with Crippen molar-refractivity contribution in [2.24, 2.45) is 7.05 Å². The van der Waals surface area contributed by atoms with Crippen molar-refractivity contribution < 1.29 is 9.47 Å². The fourth-order valence-electron chi connectivity index (χ4n) is 3.85. The van der Waals surface area contributed by atoms with Crippen LogP contribution in [0.4, 0.5) is 0 Å². The maximum Gasteiger partial charge on any atom is 0.125 e. The number of likely N-dealkylation sites (tertiary alicyclic amines) is 1. The van der Waals surface area contributed by atoms with Gasteiger partial charge in [0, 0.05) is 44.9 Å². The Morgan fingerprint density at radius 3 is 2.75 bits per heavy atom. The fourth-order valence-corrected chi connectivity index (χ4v) is 3.85. The summed E-state index contributed by atoms with van der Waals surface area (Å²) in [6.45, 7) is 3.84. The quantitative estimate of drug-likeness (QED) is 0.865. The number of piperidine rings is 1. The molecule has 2 aliphatic rings. The Bertz CT molecular complexity index is 662. The first-order chi connectivity index (χ1) is 11.7. The van der Waals surface area contributed by atoms with Gasteiger partial charge in [-0.25, -0.2) is 0 Å². The lowest BCUT2D eigenvalue weighted by Crippen LogP contribution is -2.44. The van der Waals surface area contributed by atoms with Crippen molar-refractivity contribution in [1.29, 1.82) is 0 Å². The number of ether oxygens (including phenoxy) is 2. The normalized spacial score (nSPS) is 23.6. The zero-order chi connectivity index (χ0) is 16.4. The van der Waals surface area contributed by atoms with Gasteiger partial charge in [0.2, 0.25) is 0 Å². The maximum atomic E-state index is 6.20. The van der Waals surface area contributed by atoms with E-state index in [0.717, 1.165) is 44.6 Å². The Balaban J connectivity index is 1.29. The Kier molecular flexibility index (Phi) is 4.29. The zero-order valence-electron chi connectivity index (χ0n) is 14.2. The molecule has 5 heteroatoms. The molecule has 5 nitrogen and oxygen atoms in total. The SMILES string of the molecule is Cn1cc(CN2CCC3(CC2)CC(Oc2ccccc2)CO3)cn1. The molecule has 24 heavy (non-hydrogen) atoms. The van der Waals surface area contributed by atoms with Crippen molar-refractivity contribution in [3.05, 3.63) is 48.3 Å². The molecule has 128 valence electrons. The van der Waals surface area contributed by atoms with E-state index in [1.54, 1.807) is 0 Å². The molecule has 2 aromatic rings. The van der Waals surface area contributed by atoms with Crippen LogP contribution in [0.2, 0.25) is 0 Å². The van der Waals surface area contributed by atoms with E-state index in [2.05, 4.69) is 16.2 Å². The number of para-hydroxylation sites is 1. The minimum absolute atomic E-state index is 0.0187. The van der Waals surface area contributed by atoms with E-state index in [-0.39, 0.29) is 11.7 Å². The zero-order valence-corrected chi connectivity index (χ0v) is 14.2. The second-order valence-electron chi connectivity index (χ2n) is 7.05. The summed E-state index contributed by atoms with van der Waals surface area (Å²) in [4.78, 5) is 2.50. The molecule has 3 heterocycles. The highest BCUT2D eigenvalue weighted by Gasteiger charge is 2.43. The smallest absolute Gasteiger partial charge is 0.125 e. The van der Waals surface area contributed by atoms with Crippen LogP contribution < -0.4 is 4.74 Å². The number of aryl methyl sites for hydroxylation is 1. The summed E-state index contributed by atoms with van der Waals surface area (Å²) in [6.07, 6.45) is 7.41. The molecule has 2 saturated heterocycles. The topological polar surface area (TPSA) is 39.5 Å². The lowest BCUT2D eigenvalue weighted by Gasteiger charge is -2.38. The maximum absolute atomic E-state index is 6.20. The Labute approximate surface area is 143 Å². The molecule has 1 unspecified atom stereocenters. The van der Waals surface area contributed by atoms with Crippen LogP contribution in [0.15, 0.2) is 42.7 Å². The van der Waals surface area contributed by atoms with E-state index in [0.29, 0.717) is 6.61 Å². The number of nitrogens with zero attached hydrogens (tertiary/aromatic N) is 3. The van der Waals surface area contributed by atoms with Crippen LogP contribution in [-0.4, -0.2) is 46.1 Å². The van der Waals surface area contributed by atoms with Gasteiger partial charge in [0.25, 0.3) is 0 Å². The van der Waals surface area contributed by atoms with Crippen molar-refractivity contribution in [2.45, 2.75) is 37.5 Å². The summed E-state index contributed by atoms with van der Waals surface area (Å²) in [6, 6.07) is 10.1. The summed E-state index contributed by atoms with van der Waals surface area (Å²) < 4.78 is 14.1. The Morgan fingerprint density at radius 1 is 1.25 bits per heavy atom. The van der Waals surface area contributed by atoms with Gasteiger partial charge in [-0.3, -0.25) is 9.58 Å². The van der Waals surface area contributed by atoms with Crippen LogP contribution in [0, 0.1) is 0 Å². The lowest BCUT2D eigenvalue weighted by atomic mass is 9.88. The molecule has 0 radical (unpaired) electrons. The Hall–Kier alpha value is -1.85. The number of benzene rings is 1. The van der Waals surface area contributed by atoms with E-state index in [1.165, 1.54) is 5.56 Å². The van der Waals surface area contributed by atoms with Crippen LogP contribution in [0.25, 0.3) is 0 Å². The van der Waals surface area contributed by atoms with Gasteiger partial charge in [-0.2, -0.15) is 5.10 Å². The van der Waals surface area contributed by atoms with Crippen molar-refractivity contribution in [2.75, 3.05) is 19.7 Å². The first-order valence-electron chi connectivity index (χ1n) is 8.76. The number of hydrogen-bond donors (Lipinski definition) is 0. The van der Waals surface area contributed by atoms with Crippen molar-refractivity contribution in [3.8, 4) is 5.75 Å². The van der Waals surface area contributed by atoms with Crippen molar-refractivity contribution in [3.63, 3.8) is 0 Å². The van der Waals surface area contributed by atoms with Gasteiger partial charge in [0.15, 0.2) is 0 Å². The number of rotatable bonds is 4. The molecule has 0 aliphatic carbocycles. The van der Waals surface area contributed by atoms with E-state index in [9.17, 15) is 0 Å². The predicted molar refractivity (Wildman–Crippen MR) is 91.9 cm³/mol. The molecule has 2 fully saturated rings. The van der Waals surface area contributed by atoms with Gasteiger partial charge in [-0.05, 0) is 25.0 Å². The van der Waals surface area contributed by atoms with E-state index < -0.39 is 0 Å². The summed E-state index contributed by atoms with van der Waals surface area (Å²) >= 11 is 0. The van der Waals surface area contributed by atoms with Gasteiger partial charge >= 0.3 is 0 Å². The molecule has 1 aromatic heterocycles. The highest BCUT2D eigenvalue weighted by molar-refractivity contribution is 5.21. The third kappa shape index (κ3) is 3.47. The standard InChI is InChI=1S/C19H25N3O2/c1-21-13-16(12-20-21)14-22-9-7-19(8-10-22)11-18(15-23-19)24-17-5-3-2-4-6-17/h2-6,12-13,18H,7-11,14-15H2,1H3.